The van der Waals surface area contributed by atoms with E-state index in [0.29, 0.717) is 51.2 Å². The van der Waals surface area contributed by atoms with E-state index in [4.69, 9.17) is 34.7 Å². The van der Waals surface area contributed by atoms with Gasteiger partial charge in [-0.05, 0) is 100 Å². The normalized spacial score (nSPS) is 13.4. The summed E-state index contributed by atoms with van der Waals surface area (Å²) in [6.45, 7) is 3.36. The van der Waals surface area contributed by atoms with Gasteiger partial charge >= 0.3 is 0 Å². The van der Waals surface area contributed by atoms with E-state index in [1.807, 2.05) is 91.1 Å². The number of benzene rings is 4. The molecule has 6 aromatic rings. The maximum absolute atomic E-state index is 12.5. The van der Waals surface area contributed by atoms with E-state index >= 15 is 0 Å². The van der Waals surface area contributed by atoms with Crippen LogP contribution in [0.2, 0.25) is 10.0 Å². The summed E-state index contributed by atoms with van der Waals surface area (Å²) in [7, 11) is 0. The van der Waals surface area contributed by atoms with Crippen molar-refractivity contribution in [1.82, 2.24) is 14.9 Å². The van der Waals surface area contributed by atoms with Crippen LogP contribution in [-0.2, 0) is 0 Å². The molecule has 2 aliphatic heterocycles. The molecule has 2 aromatic heterocycles. The number of aromatic nitrogens is 2. The molecule has 0 radical (unpaired) electrons. The highest BCUT2D eigenvalue weighted by Gasteiger charge is 2.12. The second-order valence-corrected chi connectivity index (χ2v) is 16.0. The van der Waals surface area contributed by atoms with E-state index < -0.39 is 0 Å². The zero-order valence-electron chi connectivity index (χ0n) is 33.9. The second-order valence-electron chi connectivity index (χ2n) is 15.1. The molecule has 0 aliphatic carbocycles. The SMILES string of the molecule is Nc1ncc2ccc(Cl)cc2c1C#Cc1ccc(C(=O)CCCC2=CCC=N2)cc1.Nc1ncc2ccc(Cl)cc2c1C#Cc1ccc(C(=O)CCCN2CCCCC2)cc1. The predicted octanol–water partition coefficient (Wildman–Crippen LogP) is 10.9. The number of Topliss-reactive ketones (excluding diaryl/α,β-unsaturated/α-hetero) is 2. The van der Waals surface area contributed by atoms with Crippen LogP contribution in [-0.4, -0.2) is 52.3 Å². The number of halogens is 2. The van der Waals surface area contributed by atoms with Crippen molar-refractivity contribution in [3.05, 3.63) is 153 Å². The van der Waals surface area contributed by atoms with Crippen LogP contribution in [0.1, 0.15) is 101 Å². The Kier molecular flexibility index (Phi) is 14.6. The summed E-state index contributed by atoms with van der Waals surface area (Å²) in [4.78, 5) is 40.1. The average molecular weight is 846 g/mol. The van der Waals surface area contributed by atoms with Crippen molar-refractivity contribution in [3.63, 3.8) is 0 Å². The lowest BCUT2D eigenvalue weighted by Crippen LogP contribution is -2.30. The first-order valence-electron chi connectivity index (χ1n) is 20.6. The first-order valence-corrected chi connectivity index (χ1v) is 21.4. The molecule has 306 valence electrons. The molecule has 0 saturated carbocycles. The van der Waals surface area contributed by atoms with Crippen LogP contribution in [0, 0.1) is 23.7 Å². The topological polar surface area (TPSA) is 128 Å². The van der Waals surface area contributed by atoms with Crippen LogP contribution in [0.25, 0.3) is 21.5 Å². The molecule has 1 fully saturated rings. The van der Waals surface area contributed by atoms with Crippen molar-refractivity contribution in [2.45, 2.75) is 57.8 Å². The van der Waals surface area contributed by atoms with Gasteiger partial charge in [0.15, 0.2) is 11.6 Å². The summed E-state index contributed by atoms with van der Waals surface area (Å²) in [6.07, 6.45) is 15.9. The highest BCUT2D eigenvalue weighted by atomic mass is 35.5. The van der Waals surface area contributed by atoms with E-state index in [2.05, 4.69) is 49.6 Å². The Labute approximate surface area is 367 Å². The van der Waals surface area contributed by atoms with Gasteiger partial charge in [-0.3, -0.25) is 14.6 Å². The summed E-state index contributed by atoms with van der Waals surface area (Å²) in [5.74, 6) is 13.6. The molecule has 8 rings (SSSR count). The third-order valence-electron chi connectivity index (χ3n) is 10.7. The third-order valence-corrected chi connectivity index (χ3v) is 11.2. The Morgan fingerprint density at radius 1 is 0.639 bits per heavy atom. The Hall–Kier alpha value is -6.29. The van der Waals surface area contributed by atoms with Gasteiger partial charge in [0.2, 0.25) is 0 Å². The highest BCUT2D eigenvalue weighted by molar-refractivity contribution is 6.31. The molecule has 4 heterocycles. The molecule has 0 atom stereocenters. The third kappa shape index (κ3) is 11.7. The quantitative estimate of drug-likeness (QED) is 0.104. The van der Waals surface area contributed by atoms with E-state index in [-0.39, 0.29) is 11.6 Å². The van der Waals surface area contributed by atoms with Crippen LogP contribution in [0.15, 0.2) is 114 Å². The van der Waals surface area contributed by atoms with Gasteiger partial charge in [0.05, 0.1) is 11.1 Å². The number of rotatable bonds is 10. The summed E-state index contributed by atoms with van der Waals surface area (Å²) >= 11 is 12.3. The standard InChI is InChI=1S/C26H26ClN3O.C25H20ClN3O/c27-22-12-11-21-18-29-26(28)23(24(21)17-22)13-8-19-6-9-20(10-7-19)25(31)5-4-16-30-14-2-1-3-15-30;26-20-12-11-19-16-29-25(27)22(23(19)15-20)13-8-17-6-9-18(10-7-17)24(30)5-1-3-21-4-2-14-28-21/h6-7,9-12,17-18H,1-5,14-16H2,(H2,28,29);4,6-7,9-12,14-16H,1-3,5H2,(H2,27,29). The number of pyridine rings is 2. The number of carbonyl (C=O) groups is 2. The number of nitrogen functional groups attached to an aromatic ring is 2. The molecule has 4 N–H and O–H groups in total. The Morgan fingerprint density at radius 2 is 1.15 bits per heavy atom. The molecule has 8 nitrogen and oxygen atoms in total. The predicted molar refractivity (Wildman–Crippen MR) is 250 cm³/mol. The molecule has 0 unspecified atom stereocenters. The summed E-state index contributed by atoms with van der Waals surface area (Å²) in [6, 6.07) is 25.9. The van der Waals surface area contributed by atoms with Gasteiger partial charge in [-0.1, -0.05) is 95.8 Å². The number of carbonyl (C=O) groups excluding carboxylic acids is 2. The number of likely N-dealkylation sites (tertiary alicyclic amines) is 1. The van der Waals surface area contributed by atoms with E-state index in [1.165, 1.54) is 32.4 Å². The molecular weight excluding hydrogens is 800 g/mol. The monoisotopic (exact) mass is 844 g/mol. The summed E-state index contributed by atoms with van der Waals surface area (Å²) in [5.41, 5.74) is 17.6. The number of anilines is 2. The zero-order valence-corrected chi connectivity index (χ0v) is 35.4. The first-order chi connectivity index (χ1) is 29.7. The van der Waals surface area contributed by atoms with Gasteiger partial charge < -0.3 is 16.4 Å². The molecule has 61 heavy (non-hydrogen) atoms. The van der Waals surface area contributed by atoms with Crippen molar-refractivity contribution in [3.8, 4) is 23.7 Å². The van der Waals surface area contributed by atoms with Crippen molar-refractivity contribution in [2.75, 3.05) is 31.1 Å². The Morgan fingerprint density at radius 3 is 1.64 bits per heavy atom. The van der Waals surface area contributed by atoms with E-state index in [9.17, 15) is 9.59 Å². The summed E-state index contributed by atoms with van der Waals surface area (Å²) < 4.78 is 0. The van der Waals surface area contributed by atoms with Gasteiger partial charge in [-0.15, -0.1) is 0 Å². The van der Waals surface area contributed by atoms with Crippen LogP contribution in [0.4, 0.5) is 11.6 Å². The number of nitrogens with zero attached hydrogens (tertiary/aromatic N) is 4. The zero-order chi connectivity index (χ0) is 42.6. The van der Waals surface area contributed by atoms with Crippen molar-refractivity contribution in [1.29, 1.82) is 0 Å². The lowest BCUT2D eigenvalue weighted by atomic mass is 10.0. The van der Waals surface area contributed by atoms with Gasteiger partial charge in [-0.25, -0.2) is 9.97 Å². The maximum atomic E-state index is 12.5. The van der Waals surface area contributed by atoms with Crippen LogP contribution in [0.5, 0.6) is 0 Å². The Balaban J connectivity index is 0.000000184. The fourth-order valence-corrected chi connectivity index (χ4v) is 7.70. The number of allylic oxidation sites excluding steroid dienone is 2. The smallest absolute Gasteiger partial charge is 0.162 e. The summed E-state index contributed by atoms with van der Waals surface area (Å²) in [5, 5.41) is 4.87. The number of hydrogen-bond donors (Lipinski definition) is 2. The maximum Gasteiger partial charge on any atom is 0.162 e. The average Bonchev–Trinajstić information content (AvgIpc) is 3.80. The molecule has 10 heteroatoms. The van der Waals surface area contributed by atoms with Crippen LogP contribution < -0.4 is 11.5 Å². The van der Waals surface area contributed by atoms with Gasteiger partial charge in [0, 0.05) is 97.4 Å². The van der Waals surface area contributed by atoms with Crippen molar-refractivity contribution >= 4 is 74.2 Å². The minimum atomic E-state index is 0.134. The molecule has 2 aliphatic rings. The van der Waals surface area contributed by atoms with Gasteiger partial charge in [0.25, 0.3) is 0 Å². The molecule has 0 amide bonds. The fraction of sp³-hybridized carbons (Fsp3) is 0.235. The minimum absolute atomic E-state index is 0.134. The number of fused-ring (bicyclic) bond motifs is 2. The molecular formula is C51H46Cl2N6O2. The van der Waals surface area contributed by atoms with Gasteiger partial charge in [0.1, 0.15) is 11.6 Å². The number of nitrogens with two attached hydrogens (primary N) is 2. The largest absolute Gasteiger partial charge is 0.383 e. The number of aliphatic imine (C=N–C) groups is 1. The lowest BCUT2D eigenvalue weighted by Gasteiger charge is -2.26. The molecule has 0 bridgehead atoms. The highest BCUT2D eigenvalue weighted by Crippen LogP contribution is 2.26. The second kappa shape index (κ2) is 20.8. The fourth-order valence-electron chi connectivity index (χ4n) is 7.35. The number of ketones is 2. The molecule has 1 saturated heterocycles. The van der Waals surface area contributed by atoms with Crippen molar-refractivity contribution < 1.29 is 9.59 Å². The minimum Gasteiger partial charge on any atom is -0.383 e. The van der Waals surface area contributed by atoms with Crippen molar-refractivity contribution in [2.24, 2.45) is 4.99 Å². The van der Waals surface area contributed by atoms with Gasteiger partial charge in [-0.2, -0.15) is 0 Å². The number of piperidine rings is 1. The van der Waals surface area contributed by atoms with E-state index in [1.54, 1.807) is 12.4 Å². The number of hydrogen-bond acceptors (Lipinski definition) is 8. The molecule has 4 aromatic carbocycles. The van der Waals surface area contributed by atoms with Crippen LogP contribution >= 0.6 is 23.2 Å². The van der Waals surface area contributed by atoms with Crippen LogP contribution in [0.3, 0.4) is 0 Å². The van der Waals surface area contributed by atoms with E-state index in [0.717, 1.165) is 76.2 Å². The Bertz CT molecular complexity index is 2740. The molecule has 0 spiro atoms. The first kappa shape index (κ1) is 42.8. The lowest BCUT2D eigenvalue weighted by molar-refractivity contribution is 0.0968.